The lowest BCUT2D eigenvalue weighted by atomic mass is 10.4. The first-order chi connectivity index (χ1) is 5.38. The van der Waals surface area contributed by atoms with Gasteiger partial charge >= 0.3 is 0 Å². The van der Waals surface area contributed by atoms with Gasteiger partial charge in [0.15, 0.2) is 0 Å². The van der Waals surface area contributed by atoms with E-state index in [4.69, 9.17) is 0 Å². The summed E-state index contributed by atoms with van der Waals surface area (Å²) in [6, 6.07) is 4.29. The Morgan fingerprint density at radius 1 is 1.27 bits per heavy atom. The van der Waals surface area contributed by atoms with Crippen LogP contribution in [-0.4, -0.2) is 17.7 Å². The second-order valence-corrected chi connectivity index (χ2v) is 3.17. The highest BCUT2D eigenvalue weighted by atomic mass is 15.2. The van der Waals surface area contributed by atoms with Crippen LogP contribution in [0.4, 0.5) is 5.82 Å². The van der Waals surface area contributed by atoms with Gasteiger partial charge in [0.2, 0.25) is 0 Å². The molecule has 1 aromatic rings. The van der Waals surface area contributed by atoms with Gasteiger partial charge in [-0.3, -0.25) is 0 Å². The first-order valence-electron chi connectivity index (χ1n) is 4.24. The molecule has 0 unspecified atom stereocenters. The fourth-order valence-electron chi connectivity index (χ4n) is 1.73. The second-order valence-electron chi connectivity index (χ2n) is 3.17. The van der Waals surface area contributed by atoms with Gasteiger partial charge in [0.05, 0.1) is 0 Å². The van der Waals surface area contributed by atoms with Gasteiger partial charge in [-0.25, -0.2) is 0 Å². The predicted octanol–water partition coefficient (Wildman–Crippen LogP) is 1.63. The molecule has 2 rings (SSSR count). The average Bonchev–Trinajstić information content (AvgIpc) is 2.55. The van der Waals surface area contributed by atoms with E-state index >= 15 is 0 Å². The van der Waals surface area contributed by atoms with Crippen LogP contribution in [0.1, 0.15) is 12.8 Å². The molecule has 11 heavy (non-hydrogen) atoms. The molecule has 1 aliphatic rings. The Bertz CT molecular complexity index is 233. The topological polar surface area (TPSA) is 8.17 Å². The minimum Gasteiger partial charge on any atom is -0.358 e. The SMILES string of the molecule is Cn1cccc1N1CCCC1. The molecule has 0 amide bonds. The molecule has 0 saturated carbocycles. The fourth-order valence-corrected chi connectivity index (χ4v) is 1.73. The number of rotatable bonds is 1. The van der Waals surface area contributed by atoms with E-state index < -0.39 is 0 Å². The lowest BCUT2D eigenvalue weighted by molar-refractivity contribution is 0.842. The highest BCUT2D eigenvalue weighted by Crippen LogP contribution is 2.19. The van der Waals surface area contributed by atoms with Crippen LogP contribution in [0.15, 0.2) is 18.3 Å². The lowest BCUT2D eigenvalue weighted by Gasteiger charge is -2.17. The summed E-state index contributed by atoms with van der Waals surface area (Å²) in [4.78, 5) is 2.44. The van der Waals surface area contributed by atoms with Gasteiger partial charge in [-0.05, 0) is 25.0 Å². The minimum atomic E-state index is 1.23. The second kappa shape index (κ2) is 2.61. The van der Waals surface area contributed by atoms with Crippen molar-refractivity contribution < 1.29 is 0 Å². The summed E-state index contributed by atoms with van der Waals surface area (Å²) >= 11 is 0. The average molecular weight is 150 g/mol. The molecule has 60 valence electrons. The van der Waals surface area contributed by atoms with Crippen molar-refractivity contribution in [2.24, 2.45) is 7.05 Å². The predicted molar refractivity (Wildman–Crippen MR) is 46.9 cm³/mol. The molecule has 1 aromatic heterocycles. The van der Waals surface area contributed by atoms with Crippen LogP contribution in [0.25, 0.3) is 0 Å². The molecule has 0 aromatic carbocycles. The summed E-state index contributed by atoms with van der Waals surface area (Å²) in [5.41, 5.74) is 0. The van der Waals surface area contributed by atoms with Crippen LogP contribution in [0, 0.1) is 0 Å². The molecular weight excluding hydrogens is 136 g/mol. The maximum absolute atomic E-state index is 2.44. The zero-order valence-electron chi connectivity index (χ0n) is 6.95. The van der Waals surface area contributed by atoms with Crippen molar-refractivity contribution in [2.45, 2.75) is 12.8 Å². The Morgan fingerprint density at radius 2 is 2.00 bits per heavy atom. The van der Waals surface area contributed by atoms with E-state index in [1.54, 1.807) is 0 Å². The molecule has 0 radical (unpaired) electrons. The van der Waals surface area contributed by atoms with Crippen LogP contribution in [0.2, 0.25) is 0 Å². The van der Waals surface area contributed by atoms with Crippen molar-refractivity contribution >= 4 is 5.82 Å². The smallest absolute Gasteiger partial charge is 0.108 e. The number of nitrogens with zero attached hydrogens (tertiary/aromatic N) is 2. The van der Waals surface area contributed by atoms with E-state index in [2.05, 4.69) is 34.8 Å². The molecule has 2 heterocycles. The molecule has 0 aliphatic carbocycles. The van der Waals surface area contributed by atoms with Crippen molar-refractivity contribution in [3.05, 3.63) is 18.3 Å². The van der Waals surface area contributed by atoms with Crippen LogP contribution >= 0.6 is 0 Å². The van der Waals surface area contributed by atoms with Crippen molar-refractivity contribution in [2.75, 3.05) is 18.0 Å². The molecule has 1 aliphatic heterocycles. The largest absolute Gasteiger partial charge is 0.358 e. The van der Waals surface area contributed by atoms with E-state index in [0.717, 1.165) is 0 Å². The summed E-state index contributed by atoms with van der Waals surface area (Å²) < 4.78 is 2.19. The number of hydrogen-bond donors (Lipinski definition) is 0. The van der Waals surface area contributed by atoms with E-state index in [-0.39, 0.29) is 0 Å². The quantitative estimate of drug-likeness (QED) is 0.590. The van der Waals surface area contributed by atoms with Gasteiger partial charge in [-0.1, -0.05) is 0 Å². The molecule has 0 atom stereocenters. The number of anilines is 1. The van der Waals surface area contributed by atoms with Crippen molar-refractivity contribution in [1.29, 1.82) is 0 Å². The van der Waals surface area contributed by atoms with Crippen molar-refractivity contribution in [3.63, 3.8) is 0 Å². The number of hydrogen-bond acceptors (Lipinski definition) is 1. The van der Waals surface area contributed by atoms with Crippen LogP contribution in [-0.2, 0) is 7.05 Å². The molecule has 2 nitrogen and oxygen atoms in total. The van der Waals surface area contributed by atoms with Crippen molar-refractivity contribution in [1.82, 2.24) is 4.57 Å². The zero-order chi connectivity index (χ0) is 7.68. The minimum absolute atomic E-state index is 1.23. The van der Waals surface area contributed by atoms with Gasteiger partial charge < -0.3 is 9.47 Å². The van der Waals surface area contributed by atoms with Crippen LogP contribution < -0.4 is 4.90 Å². The molecule has 1 fully saturated rings. The zero-order valence-corrected chi connectivity index (χ0v) is 6.95. The third-order valence-electron chi connectivity index (χ3n) is 2.35. The Morgan fingerprint density at radius 3 is 2.55 bits per heavy atom. The van der Waals surface area contributed by atoms with E-state index in [9.17, 15) is 0 Å². The maximum atomic E-state index is 2.44. The van der Waals surface area contributed by atoms with E-state index in [0.29, 0.717) is 0 Å². The maximum Gasteiger partial charge on any atom is 0.108 e. The van der Waals surface area contributed by atoms with Crippen LogP contribution in [0.3, 0.4) is 0 Å². The first kappa shape index (κ1) is 6.77. The third kappa shape index (κ3) is 1.13. The van der Waals surface area contributed by atoms with Gasteiger partial charge in [0.1, 0.15) is 5.82 Å². The number of aryl methyl sites for hydroxylation is 1. The third-order valence-corrected chi connectivity index (χ3v) is 2.35. The standard InChI is InChI=1S/C9H14N2/c1-10-6-4-5-9(10)11-7-2-3-8-11/h4-6H,2-3,7-8H2,1H3. The molecular formula is C9H14N2. The summed E-state index contributed by atoms with van der Waals surface area (Å²) in [5.74, 6) is 1.36. The Hall–Kier alpha value is -0.920. The lowest BCUT2D eigenvalue weighted by Crippen LogP contribution is -2.19. The van der Waals surface area contributed by atoms with E-state index in [1.807, 2.05) is 0 Å². The highest BCUT2D eigenvalue weighted by molar-refractivity contribution is 5.41. The normalized spacial score (nSPS) is 17.7. The van der Waals surface area contributed by atoms with E-state index in [1.165, 1.54) is 31.7 Å². The van der Waals surface area contributed by atoms with Crippen molar-refractivity contribution in [3.8, 4) is 0 Å². The summed E-state index contributed by atoms with van der Waals surface area (Å²) in [6.45, 7) is 2.47. The highest BCUT2D eigenvalue weighted by Gasteiger charge is 2.13. The Balaban J connectivity index is 2.21. The monoisotopic (exact) mass is 150 g/mol. The molecule has 2 heteroatoms. The Labute approximate surface area is 67.4 Å². The van der Waals surface area contributed by atoms with Gasteiger partial charge in [-0.2, -0.15) is 0 Å². The van der Waals surface area contributed by atoms with Gasteiger partial charge in [0.25, 0.3) is 0 Å². The molecule has 0 spiro atoms. The fraction of sp³-hybridized carbons (Fsp3) is 0.556. The summed E-state index contributed by atoms with van der Waals surface area (Å²) in [7, 11) is 2.10. The molecule has 0 bridgehead atoms. The molecule has 0 N–H and O–H groups in total. The van der Waals surface area contributed by atoms with Gasteiger partial charge in [0, 0.05) is 26.3 Å². The van der Waals surface area contributed by atoms with Gasteiger partial charge in [-0.15, -0.1) is 0 Å². The first-order valence-corrected chi connectivity index (χ1v) is 4.24. The molecule has 1 saturated heterocycles. The Kier molecular flexibility index (Phi) is 1.60. The number of aromatic nitrogens is 1. The summed E-state index contributed by atoms with van der Waals surface area (Å²) in [6.07, 6.45) is 4.81. The summed E-state index contributed by atoms with van der Waals surface area (Å²) in [5, 5.41) is 0. The van der Waals surface area contributed by atoms with Crippen LogP contribution in [0.5, 0.6) is 0 Å².